The number of aryl methyl sites for hydroxylation is 1. The molecule has 0 saturated carbocycles. The third-order valence-corrected chi connectivity index (χ3v) is 4.25. The lowest BCUT2D eigenvalue weighted by molar-refractivity contribution is 0.479. The van der Waals surface area contributed by atoms with Crippen molar-refractivity contribution in [2.24, 2.45) is 7.05 Å². The summed E-state index contributed by atoms with van der Waals surface area (Å²) in [6.45, 7) is 0. The van der Waals surface area contributed by atoms with Gasteiger partial charge >= 0.3 is 0 Å². The summed E-state index contributed by atoms with van der Waals surface area (Å²) in [5.41, 5.74) is 3.18. The van der Waals surface area contributed by atoms with E-state index in [1.54, 1.807) is 25.5 Å². The van der Waals surface area contributed by atoms with Crippen LogP contribution in [0.25, 0.3) is 33.3 Å². The SMILES string of the molecule is Cn1c(=O)c(-c2ccccc2)cc2c(O)cnc(-c3cccnc3)c21. The van der Waals surface area contributed by atoms with Crippen LogP contribution in [0, 0.1) is 0 Å². The fraction of sp³-hybridized carbons (Fsp3) is 0.0500. The van der Waals surface area contributed by atoms with E-state index in [-0.39, 0.29) is 11.3 Å². The second-order valence-corrected chi connectivity index (χ2v) is 5.78. The predicted molar refractivity (Wildman–Crippen MR) is 97.3 cm³/mol. The fourth-order valence-corrected chi connectivity index (χ4v) is 3.01. The van der Waals surface area contributed by atoms with Crippen LogP contribution in [0.1, 0.15) is 0 Å². The van der Waals surface area contributed by atoms with Gasteiger partial charge in [0.2, 0.25) is 0 Å². The molecule has 0 atom stereocenters. The first-order valence-electron chi connectivity index (χ1n) is 7.84. The molecule has 0 aliphatic heterocycles. The number of aromatic nitrogens is 3. The Labute approximate surface area is 143 Å². The highest BCUT2D eigenvalue weighted by molar-refractivity contribution is 5.97. The molecule has 0 fully saturated rings. The van der Waals surface area contributed by atoms with Gasteiger partial charge in [-0.1, -0.05) is 30.3 Å². The zero-order valence-corrected chi connectivity index (χ0v) is 13.5. The maximum absolute atomic E-state index is 12.9. The van der Waals surface area contributed by atoms with Crippen molar-refractivity contribution in [3.63, 3.8) is 0 Å². The molecular weight excluding hydrogens is 314 g/mol. The van der Waals surface area contributed by atoms with Crippen LogP contribution in [-0.2, 0) is 7.05 Å². The number of rotatable bonds is 2. The van der Waals surface area contributed by atoms with E-state index in [4.69, 9.17) is 0 Å². The van der Waals surface area contributed by atoms with Crippen LogP contribution in [0.4, 0.5) is 0 Å². The quantitative estimate of drug-likeness (QED) is 0.612. The largest absolute Gasteiger partial charge is 0.506 e. The normalized spacial score (nSPS) is 10.9. The molecule has 0 radical (unpaired) electrons. The molecule has 25 heavy (non-hydrogen) atoms. The third-order valence-electron chi connectivity index (χ3n) is 4.25. The van der Waals surface area contributed by atoms with E-state index in [0.717, 1.165) is 11.1 Å². The Hall–Kier alpha value is -3.47. The number of nitrogens with zero attached hydrogens (tertiary/aromatic N) is 3. The molecule has 0 aliphatic carbocycles. The van der Waals surface area contributed by atoms with Gasteiger partial charge in [0.25, 0.3) is 5.56 Å². The molecule has 3 heterocycles. The second kappa shape index (κ2) is 5.87. The molecule has 3 aromatic heterocycles. The summed E-state index contributed by atoms with van der Waals surface area (Å²) >= 11 is 0. The van der Waals surface area contributed by atoms with Gasteiger partial charge in [-0.05, 0) is 23.8 Å². The molecule has 0 aliphatic rings. The van der Waals surface area contributed by atoms with E-state index < -0.39 is 0 Å². The smallest absolute Gasteiger partial charge is 0.258 e. The average molecular weight is 329 g/mol. The molecule has 4 aromatic rings. The van der Waals surface area contributed by atoms with Gasteiger partial charge in [0.15, 0.2) is 0 Å². The van der Waals surface area contributed by atoms with E-state index in [2.05, 4.69) is 9.97 Å². The van der Waals surface area contributed by atoms with E-state index >= 15 is 0 Å². The Morgan fingerprint density at radius 2 is 1.76 bits per heavy atom. The molecule has 0 saturated heterocycles. The lowest BCUT2D eigenvalue weighted by Crippen LogP contribution is -2.19. The van der Waals surface area contributed by atoms with Crippen LogP contribution in [-0.4, -0.2) is 19.6 Å². The monoisotopic (exact) mass is 329 g/mol. The van der Waals surface area contributed by atoms with Crippen LogP contribution in [0.3, 0.4) is 0 Å². The van der Waals surface area contributed by atoms with Crippen molar-refractivity contribution in [2.75, 3.05) is 0 Å². The molecule has 1 N–H and O–H groups in total. The highest BCUT2D eigenvalue weighted by atomic mass is 16.3. The topological polar surface area (TPSA) is 68.0 Å². The van der Waals surface area contributed by atoms with Crippen molar-refractivity contribution in [2.45, 2.75) is 0 Å². The van der Waals surface area contributed by atoms with E-state index in [9.17, 15) is 9.90 Å². The number of pyridine rings is 3. The van der Waals surface area contributed by atoms with Gasteiger partial charge in [-0.2, -0.15) is 0 Å². The minimum Gasteiger partial charge on any atom is -0.506 e. The van der Waals surface area contributed by atoms with E-state index in [1.165, 1.54) is 10.8 Å². The summed E-state index contributed by atoms with van der Waals surface area (Å²) in [6.07, 6.45) is 4.77. The molecule has 0 unspecified atom stereocenters. The van der Waals surface area contributed by atoms with Crippen molar-refractivity contribution in [3.8, 4) is 28.1 Å². The van der Waals surface area contributed by atoms with Crippen molar-refractivity contribution < 1.29 is 5.11 Å². The first-order chi connectivity index (χ1) is 12.2. The van der Waals surface area contributed by atoms with Crippen molar-refractivity contribution >= 4 is 10.9 Å². The number of benzene rings is 1. The molecule has 1 aromatic carbocycles. The lowest BCUT2D eigenvalue weighted by Gasteiger charge is -2.13. The van der Waals surface area contributed by atoms with Gasteiger partial charge in [0.05, 0.1) is 17.4 Å². The van der Waals surface area contributed by atoms with Crippen molar-refractivity contribution in [1.82, 2.24) is 14.5 Å². The van der Waals surface area contributed by atoms with Gasteiger partial charge in [0.1, 0.15) is 5.75 Å². The minimum absolute atomic E-state index is 0.0374. The van der Waals surface area contributed by atoms with E-state index in [1.807, 2.05) is 42.5 Å². The molecule has 5 nitrogen and oxygen atoms in total. The number of fused-ring (bicyclic) bond motifs is 1. The Morgan fingerprint density at radius 3 is 2.48 bits per heavy atom. The average Bonchev–Trinajstić information content (AvgIpc) is 2.66. The molecule has 0 spiro atoms. The standard InChI is InChI=1S/C20H15N3O2/c1-23-19-16(10-15(20(23)25)13-6-3-2-4-7-13)17(24)12-22-18(19)14-8-5-9-21-11-14/h2-12,24H,1H3. The molecule has 4 rings (SSSR count). The summed E-state index contributed by atoms with van der Waals surface area (Å²) in [4.78, 5) is 21.4. The molecule has 122 valence electrons. The third kappa shape index (κ3) is 2.46. The maximum Gasteiger partial charge on any atom is 0.258 e. The van der Waals surface area contributed by atoms with Crippen LogP contribution >= 0.6 is 0 Å². The number of hydrogen-bond donors (Lipinski definition) is 1. The van der Waals surface area contributed by atoms with Crippen LogP contribution in [0.15, 0.2) is 71.9 Å². The van der Waals surface area contributed by atoms with Crippen molar-refractivity contribution in [1.29, 1.82) is 0 Å². The zero-order valence-electron chi connectivity index (χ0n) is 13.5. The first-order valence-corrected chi connectivity index (χ1v) is 7.84. The maximum atomic E-state index is 12.9. The van der Waals surface area contributed by atoms with Gasteiger partial charge in [-0.3, -0.25) is 14.8 Å². The van der Waals surface area contributed by atoms with Gasteiger partial charge in [0, 0.05) is 36.0 Å². The first kappa shape index (κ1) is 15.1. The molecular formula is C20H15N3O2. The summed E-state index contributed by atoms with van der Waals surface area (Å²) in [6, 6.07) is 14.8. The molecule has 0 amide bonds. The highest BCUT2D eigenvalue weighted by Crippen LogP contribution is 2.32. The molecule has 0 bridgehead atoms. The Balaban J connectivity index is 2.10. The zero-order chi connectivity index (χ0) is 17.4. The fourth-order valence-electron chi connectivity index (χ4n) is 3.01. The second-order valence-electron chi connectivity index (χ2n) is 5.78. The summed E-state index contributed by atoms with van der Waals surface area (Å²) in [5.74, 6) is 0.0374. The lowest BCUT2D eigenvalue weighted by atomic mass is 10.0. The Kier molecular flexibility index (Phi) is 3.54. The van der Waals surface area contributed by atoms with Crippen LogP contribution in [0.2, 0.25) is 0 Å². The minimum atomic E-state index is -0.142. The van der Waals surface area contributed by atoms with Crippen LogP contribution < -0.4 is 5.56 Å². The van der Waals surface area contributed by atoms with Gasteiger partial charge in [-0.25, -0.2) is 0 Å². The van der Waals surface area contributed by atoms with E-state index in [0.29, 0.717) is 22.2 Å². The Bertz CT molecular complexity index is 1120. The van der Waals surface area contributed by atoms with Crippen molar-refractivity contribution in [3.05, 3.63) is 77.5 Å². The molecule has 5 heteroatoms. The number of hydrogen-bond acceptors (Lipinski definition) is 4. The predicted octanol–water partition coefficient (Wildman–Crippen LogP) is 3.37. The number of aromatic hydroxyl groups is 1. The van der Waals surface area contributed by atoms with Gasteiger partial charge < -0.3 is 9.67 Å². The summed E-state index contributed by atoms with van der Waals surface area (Å²) in [7, 11) is 1.69. The van der Waals surface area contributed by atoms with Gasteiger partial charge in [-0.15, -0.1) is 0 Å². The van der Waals surface area contributed by atoms with Crippen LogP contribution in [0.5, 0.6) is 5.75 Å². The summed E-state index contributed by atoms with van der Waals surface area (Å²) in [5, 5.41) is 10.9. The Morgan fingerprint density at radius 1 is 1.00 bits per heavy atom. The highest BCUT2D eigenvalue weighted by Gasteiger charge is 2.16. The summed E-state index contributed by atoms with van der Waals surface area (Å²) < 4.78 is 1.53.